The van der Waals surface area contributed by atoms with E-state index in [-0.39, 0.29) is 5.57 Å². The Morgan fingerprint density at radius 1 is 1.13 bits per heavy atom. The van der Waals surface area contributed by atoms with Gasteiger partial charge in [-0.25, -0.2) is 0 Å². The van der Waals surface area contributed by atoms with Gasteiger partial charge in [-0.15, -0.1) is 0 Å². The molecule has 1 amide bonds. The number of nitriles is 1. The maximum absolute atomic E-state index is 12.8. The Balaban J connectivity index is 1.86. The first-order valence-corrected chi connectivity index (χ1v) is 10.9. The molecule has 0 aliphatic rings. The van der Waals surface area contributed by atoms with Crippen molar-refractivity contribution in [3.8, 4) is 11.8 Å². The van der Waals surface area contributed by atoms with E-state index in [2.05, 4.69) is 21.2 Å². The molecule has 0 aliphatic carbocycles. The molecule has 0 bridgehead atoms. The van der Waals surface area contributed by atoms with Gasteiger partial charge in [0.1, 0.15) is 24.0 Å². The number of rotatable bonds is 7. The highest BCUT2D eigenvalue weighted by molar-refractivity contribution is 9.10. The van der Waals surface area contributed by atoms with E-state index >= 15 is 0 Å². The number of amides is 1. The summed E-state index contributed by atoms with van der Waals surface area (Å²) in [6, 6.07) is 22.3. The summed E-state index contributed by atoms with van der Waals surface area (Å²) in [5.41, 5.74) is 3.16. The number of benzene rings is 3. The fraction of sp³-hybridized carbons (Fsp3) is 0.120. The largest absolute Gasteiger partial charge is 0.488 e. The number of carbonyl (C=O) groups excluding carboxylic acids is 1. The van der Waals surface area contributed by atoms with Gasteiger partial charge >= 0.3 is 0 Å². The van der Waals surface area contributed by atoms with E-state index < -0.39 is 5.91 Å². The Kier molecular flexibility index (Phi) is 7.88. The third kappa shape index (κ3) is 5.97. The number of anilines is 1. The number of hydrogen-bond acceptors (Lipinski definition) is 3. The van der Waals surface area contributed by atoms with E-state index in [0.717, 1.165) is 22.0 Å². The lowest BCUT2D eigenvalue weighted by Crippen LogP contribution is -2.14. The Labute approximate surface area is 195 Å². The lowest BCUT2D eigenvalue weighted by atomic mass is 10.1. The van der Waals surface area contributed by atoms with Crippen molar-refractivity contribution in [2.45, 2.75) is 20.0 Å². The van der Waals surface area contributed by atoms with Crippen LogP contribution < -0.4 is 10.1 Å². The van der Waals surface area contributed by atoms with Crippen molar-refractivity contribution >= 4 is 45.2 Å². The number of hydrogen-bond donors (Lipinski definition) is 1. The summed E-state index contributed by atoms with van der Waals surface area (Å²) in [4.78, 5) is 12.8. The van der Waals surface area contributed by atoms with E-state index in [4.69, 9.17) is 16.3 Å². The summed E-state index contributed by atoms with van der Waals surface area (Å²) in [6.07, 6.45) is 2.26. The number of para-hydroxylation sites is 1. The van der Waals surface area contributed by atoms with Gasteiger partial charge in [0.25, 0.3) is 5.91 Å². The van der Waals surface area contributed by atoms with Crippen LogP contribution in [0.5, 0.6) is 5.75 Å². The summed E-state index contributed by atoms with van der Waals surface area (Å²) < 4.78 is 6.90. The van der Waals surface area contributed by atoms with Crippen LogP contribution in [-0.4, -0.2) is 5.91 Å². The van der Waals surface area contributed by atoms with Crippen LogP contribution in [0.3, 0.4) is 0 Å². The molecule has 0 aliphatic heterocycles. The zero-order valence-electron chi connectivity index (χ0n) is 16.9. The molecular weight excluding hydrogens is 476 g/mol. The minimum absolute atomic E-state index is 0.0427. The molecule has 156 valence electrons. The van der Waals surface area contributed by atoms with Crippen molar-refractivity contribution in [1.82, 2.24) is 0 Å². The Bertz CT molecular complexity index is 1170. The summed E-state index contributed by atoms with van der Waals surface area (Å²) >= 11 is 9.66. The van der Waals surface area contributed by atoms with E-state index in [9.17, 15) is 10.1 Å². The molecule has 3 aromatic rings. The summed E-state index contributed by atoms with van der Waals surface area (Å²) in [6.45, 7) is 2.33. The minimum atomic E-state index is -0.486. The second-order valence-corrected chi connectivity index (χ2v) is 7.99. The quantitative estimate of drug-likeness (QED) is 0.290. The Hall–Kier alpha value is -3.07. The topological polar surface area (TPSA) is 62.1 Å². The molecule has 0 atom stereocenters. The van der Waals surface area contributed by atoms with Gasteiger partial charge < -0.3 is 10.1 Å². The molecule has 4 nitrogen and oxygen atoms in total. The maximum atomic E-state index is 12.8. The van der Waals surface area contributed by atoms with Crippen LogP contribution in [0, 0.1) is 11.3 Å². The number of halogens is 2. The summed E-state index contributed by atoms with van der Waals surface area (Å²) in [5.74, 6) is 0.0368. The summed E-state index contributed by atoms with van der Waals surface area (Å²) in [5, 5.41) is 12.9. The third-order valence-corrected chi connectivity index (χ3v) is 5.63. The van der Waals surface area contributed by atoms with Crippen LogP contribution in [0.2, 0.25) is 5.02 Å². The first kappa shape index (κ1) is 22.6. The highest BCUT2D eigenvalue weighted by Gasteiger charge is 2.13. The van der Waals surface area contributed by atoms with Gasteiger partial charge in [-0.05, 0) is 48.4 Å². The fourth-order valence-corrected chi connectivity index (χ4v) is 3.56. The van der Waals surface area contributed by atoms with E-state index in [1.54, 1.807) is 18.2 Å². The van der Waals surface area contributed by atoms with Gasteiger partial charge in [0.05, 0.1) is 0 Å². The zero-order valence-corrected chi connectivity index (χ0v) is 19.2. The molecule has 6 heteroatoms. The molecule has 0 fully saturated rings. The first-order valence-electron chi connectivity index (χ1n) is 9.68. The van der Waals surface area contributed by atoms with E-state index in [0.29, 0.717) is 28.6 Å². The molecule has 0 spiro atoms. The van der Waals surface area contributed by atoms with Crippen molar-refractivity contribution < 1.29 is 9.53 Å². The highest BCUT2D eigenvalue weighted by Crippen LogP contribution is 2.27. The number of nitrogens with one attached hydrogen (secondary N) is 1. The predicted molar refractivity (Wildman–Crippen MR) is 128 cm³/mol. The minimum Gasteiger partial charge on any atom is -0.488 e. The van der Waals surface area contributed by atoms with Gasteiger partial charge in [0.15, 0.2) is 0 Å². The second kappa shape index (κ2) is 10.8. The molecule has 0 aromatic heterocycles. The van der Waals surface area contributed by atoms with Crippen LogP contribution in [0.4, 0.5) is 5.69 Å². The van der Waals surface area contributed by atoms with Gasteiger partial charge in [-0.3, -0.25) is 4.79 Å². The normalized spacial score (nSPS) is 11.0. The van der Waals surface area contributed by atoms with Gasteiger partial charge in [0.2, 0.25) is 0 Å². The summed E-state index contributed by atoms with van der Waals surface area (Å²) in [7, 11) is 0. The van der Waals surface area contributed by atoms with Crippen molar-refractivity contribution in [1.29, 1.82) is 5.26 Å². The van der Waals surface area contributed by atoms with Gasteiger partial charge in [0, 0.05) is 26.3 Å². The average Bonchev–Trinajstić information content (AvgIpc) is 2.78. The van der Waals surface area contributed by atoms with Gasteiger partial charge in [-0.2, -0.15) is 5.26 Å². The Morgan fingerprint density at radius 3 is 2.55 bits per heavy atom. The number of nitrogens with zero attached hydrogens (tertiary/aromatic N) is 1. The van der Waals surface area contributed by atoms with E-state index in [1.165, 1.54) is 6.08 Å². The average molecular weight is 496 g/mol. The van der Waals surface area contributed by atoms with Crippen LogP contribution in [0.1, 0.15) is 23.6 Å². The standard InChI is InChI=1S/C25H20BrClN2O2/c1-2-17-7-4-6-10-23(17)29-25(30)20(15-28)13-19-14-21(27)11-12-24(19)31-16-18-8-3-5-9-22(18)26/h3-14H,2,16H2,1H3,(H,29,30)/b20-13+. The first-order chi connectivity index (χ1) is 15.0. The molecule has 0 heterocycles. The third-order valence-electron chi connectivity index (χ3n) is 4.62. The maximum Gasteiger partial charge on any atom is 0.266 e. The van der Waals surface area contributed by atoms with E-state index in [1.807, 2.05) is 61.5 Å². The predicted octanol–water partition coefficient (Wildman–Crippen LogP) is 6.79. The smallest absolute Gasteiger partial charge is 0.266 e. The number of aryl methyl sites for hydroxylation is 1. The van der Waals surface area contributed by atoms with Crippen molar-refractivity contribution in [3.63, 3.8) is 0 Å². The second-order valence-electron chi connectivity index (χ2n) is 6.70. The fourth-order valence-electron chi connectivity index (χ4n) is 2.98. The number of ether oxygens (including phenoxy) is 1. The molecule has 3 aromatic carbocycles. The highest BCUT2D eigenvalue weighted by atomic mass is 79.9. The van der Waals surface area contributed by atoms with Gasteiger partial charge in [-0.1, -0.05) is 70.9 Å². The molecule has 0 saturated carbocycles. The molecule has 0 saturated heterocycles. The molecule has 3 rings (SSSR count). The zero-order chi connectivity index (χ0) is 22.2. The van der Waals surface area contributed by atoms with Crippen molar-refractivity contribution in [2.24, 2.45) is 0 Å². The van der Waals surface area contributed by atoms with Crippen molar-refractivity contribution in [3.05, 3.63) is 98.5 Å². The van der Waals surface area contributed by atoms with Crippen LogP contribution in [0.15, 0.2) is 76.8 Å². The monoisotopic (exact) mass is 494 g/mol. The van der Waals surface area contributed by atoms with Crippen LogP contribution in [0.25, 0.3) is 6.08 Å². The lowest BCUT2D eigenvalue weighted by molar-refractivity contribution is -0.112. The van der Waals surface area contributed by atoms with Crippen LogP contribution >= 0.6 is 27.5 Å². The Morgan fingerprint density at radius 2 is 1.84 bits per heavy atom. The molecule has 0 radical (unpaired) electrons. The molecular formula is C25H20BrClN2O2. The molecule has 1 N–H and O–H groups in total. The number of carbonyl (C=O) groups is 1. The molecule has 0 unspecified atom stereocenters. The lowest BCUT2D eigenvalue weighted by Gasteiger charge is -2.12. The van der Waals surface area contributed by atoms with Crippen LogP contribution in [-0.2, 0) is 17.8 Å². The SMILES string of the molecule is CCc1ccccc1NC(=O)/C(C#N)=C/c1cc(Cl)ccc1OCc1ccccc1Br. The molecule has 31 heavy (non-hydrogen) atoms. The van der Waals surface area contributed by atoms with Crippen molar-refractivity contribution in [2.75, 3.05) is 5.32 Å².